The molecule has 0 aliphatic carbocycles. The van der Waals surface area contributed by atoms with Crippen molar-refractivity contribution in [2.45, 2.75) is 70.4 Å². The summed E-state index contributed by atoms with van der Waals surface area (Å²) >= 11 is 0. The molecule has 2 amide bonds. The molecule has 31 heavy (non-hydrogen) atoms. The van der Waals surface area contributed by atoms with Crippen molar-refractivity contribution in [1.82, 2.24) is 19.8 Å². The van der Waals surface area contributed by atoms with E-state index in [1.165, 1.54) is 6.42 Å². The van der Waals surface area contributed by atoms with Gasteiger partial charge < -0.3 is 19.5 Å². The summed E-state index contributed by atoms with van der Waals surface area (Å²) in [7, 11) is 0. The lowest BCUT2D eigenvalue weighted by Gasteiger charge is -2.27. The second kappa shape index (κ2) is 10.8. The van der Waals surface area contributed by atoms with E-state index in [4.69, 9.17) is 9.72 Å². The van der Waals surface area contributed by atoms with Crippen molar-refractivity contribution in [2.75, 3.05) is 26.2 Å². The summed E-state index contributed by atoms with van der Waals surface area (Å²) in [6.45, 7) is 3.49. The Hall–Kier alpha value is -2.41. The molecule has 7 heteroatoms. The number of unbranched alkanes of at least 4 members (excludes halogenated alkanes) is 2. The zero-order chi connectivity index (χ0) is 21.5. The van der Waals surface area contributed by atoms with Crippen molar-refractivity contribution in [3.8, 4) is 0 Å². The standard InChI is InChI=1S/C24H34N4O3/c29-23(27-15-7-2-8-16-27)18-28-20-11-5-4-10-19(20)26-22(28)13-3-1-6-14-25-24(30)21-12-9-17-31-21/h4-5,10-11,21H,1-3,6-9,12-18H2,(H,25,30). The van der Waals surface area contributed by atoms with E-state index in [2.05, 4.69) is 16.0 Å². The van der Waals surface area contributed by atoms with Gasteiger partial charge in [0.1, 0.15) is 18.5 Å². The summed E-state index contributed by atoms with van der Waals surface area (Å²) in [4.78, 5) is 31.7. The number of nitrogens with one attached hydrogen (secondary N) is 1. The van der Waals surface area contributed by atoms with Crippen molar-refractivity contribution in [2.24, 2.45) is 0 Å². The first kappa shape index (κ1) is 21.8. The summed E-state index contributed by atoms with van der Waals surface area (Å²) in [6.07, 6.45) is 8.74. The van der Waals surface area contributed by atoms with Crippen molar-refractivity contribution in [3.63, 3.8) is 0 Å². The number of carbonyl (C=O) groups is 2. The molecule has 1 aromatic carbocycles. The highest BCUT2D eigenvalue weighted by molar-refractivity contribution is 5.81. The van der Waals surface area contributed by atoms with Crippen LogP contribution in [0.4, 0.5) is 0 Å². The van der Waals surface area contributed by atoms with E-state index in [1.807, 2.05) is 23.1 Å². The monoisotopic (exact) mass is 426 g/mol. The molecule has 0 bridgehead atoms. The Bertz CT molecular complexity index is 882. The Balaban J connectivity index is 1.29. The molecule has 2 aromatic rings. The zero-order valence-corrected chi connectivity index (χ0v) is 18.4. The van der Waals surface area contributed by atoms with Crippen molar-refractivity contribution >= 4 is 22.8 Å². The Morgan fingerprint density at radius 1 is 1.06 bits per heavy atom. The highest BCUT2D eigenvalue weighted by Gasteiger charge is 2.23. The lowest BCUT2D eigenvalue weighted by molar-refractivity contribution is -0.132. The molecule has 1 aromatic heterocycles. The number of likely N-dealkylation sites (tertiary alicyclic amines) is 1. The number of nitrogens with zero attached hydrogens (tertiary/aromatic N) is 3. The highest BCUT2D eigenvalue weighted by Crippen LogP contribution is 2.19. The molecule has 2 aliphatic heterocycles. The Morgan fingerprint density at radius 3 is 2.71 bits per heavy atom. The fraction of sp³-hybridized carbons (Fsp3) is 0.625. The number of ether oxygens (including phenoxy) is 1. The number of benzene rings is 1. The number of hydrogen-bond donors (Lipinski definition) is 1. The van der Waals surface area contributed by atoms with Gasteiger partial charge in [-0.25, -0.2) is 4.98 Å². The van der Waals surface area contributed by atoms with Crippen LogP contribution in [-0.2, 0) is 27.3 Å². The molecule has 168 valence electrons. The number of piperidine rings is 1. The fourth-order valence-corrected chi connectivity index (χ4v) is 4.57. The van der Waals surface area contributed by atoms with E-state index in [-0.39, 0.29) is 17.9 Å². The van der Waals surface area contributed by atoms with Gasteiger partial charge in [0.15, 0.2) is 0 Å². The van der Waals surface area contributed by atoms with Crippen LogP contribution in [-0.4, -0.2) is 58.6 Å². The molecule has 1 N–H and O–H groups in total. The summed E-state index contributed by atoms with van der Waals surface area (Å²) in [6, 6.07) is 8.07. The lowest BCUT2D eigenvalue weighted by Crippen LogP contribution is -2.38. The van der Waals surface area contributed by atoms with E-state index in [0.29, 0.717) is 19.7 Å². The summed E-state index contributed by atoms with van der Waals surface area (Å²) in [5.74, 6) is 1.20. The van der Waals surface area contributed by atoms with Gasteiger partial charge in [-0.2, -0.15) is 0 Å². The van der Waals surface area contributed by atoms with Crippen LogP contribution in [0, 0.1) is 0 Å². The number of hydrogen-bond acceptors (Lipinski definition) is 4. The molecule has 1 atom stereocenters. The minimum absolute atomic E-state index is 0.0236. The van der Waals surface area contributed by atoms with Gasteiger partial charge in [-0.1, -0.05) is 18.6 Å². The number of aryl methyl sites for hydroxylation is 1. The normalized spacial score (nSPS) is 19.1. The first-order chi connectivity index (χ1) is 15.2. The summed E-state index contributed by atoms with van der Waals surface area (Å²) in [5.41, 5.74) is 1.99. The SMILES string of the molecule is O=C(NCCCCCc1nc2ccccc2n1CC(=O)N1CCCCC1)C1CCCO1. The van der Waals surface area contributed by atoms with Gasteiger partial charge in [-0.05, 0) is 57.1 Å². The van der Waals surface area contributed by atoms with E-state index < -0.39 is 0 Å². The maximum Gasteiger partial charge on any atom is 0.249 e. The van der Waals surface area contributed by atoms with Crippen LogP contribution in [0.3, 0.4) is 0 Å². The molecule has 1 unspecified atom stereocenters. The van der Waals surface area contributed by atoms with Crippen LogP contribution in [0.25, 0.3) is 11.0 Å². The predicted molar refractivity (Wildman–Crippen MR) is 120 cm³/mol. The van der Waals surface area contributed by atoms with Crippen molar-refractivity contribution < 1.29 is 14.3 Å². The predicted octanol–water partition coefficient (Wildman–Crippen LogP) is 3.06. The highest BCUT2D eigenvalue weighted by atomic mass is 16.5. The zero-order valence-electron chi connectivity index (χ0n) is 18.4. The molecule has 0 spiro atoms. The van der Waals surface area contributed by atoms with Gasteiger partial charge in [0, 0.05) is 32.7 Å². The van der Waals surface area contributed by atoms with E-state index >= 15 is 0 Å². The number of carbonyl (C=O) groups excluding carboxylic acids is 2. The first-order valence-electron chi connectivity index (χ1n) is 11.8. The Morgan fingerprint density at radius 2 is 1.90 bits per heavy atom. The summed E-state index contributed by atoms with van der Waals surface area (Å²) < 4.78 is 7.52. The number of aromatic nitrogens is 2. The van der Waals surface area contributed by atoms with Gasteiger partial charge in [-0.3, -0.25) is 9.59 Å². The molecule has 3 heterocycles. The van der Waals surface area contributed by atoms with Gasteiger partial charge >= 0.3 is 0 Å². The maximum absolute atomic E-state index is 12.9. The Labute approximate surface area is 184 Å². The van der Waals surface area contributed by atoms with Crippen molar-refractivity contribution in [1.29, 1.82) is 0 Å². The van der Waals surface area contributed by atoms with E-state index in [1.54, 1.807) is 0 Å². The van der Waals surface area contributed by atoms with Crippen LogP contribution in [0.1, 0.15) is 57.2 Å². The molecular weight excluding hydrogens is 392 g/mol. The molecule has 7 nitrogen and oxygen atoms in total. The second-order valence-corrected chi connectivity index (χ2v) is 8.65. The van der Waals surface area contributed by atoms with Crippen LogP contribution in [0.5, 0.6) is 0 Å². The van der Waals surface area contributed by atoms with Crippen LogP contribution >= 0.6 is 0 Å². The fourth-order valence-electron chi connectivity index (χ4n) is 4.57. The number of fused-ring (bicyclic) bond motifs is 1. The molecule has 2 saturated heterocycles. The number of imidazole rings is 1. The smallest absolute Gasteiger partial charge is 0.249 e. The van der Waals surface area contributed by atoms with Gasteiger partial charge in [0.25, 0.3) is 0 Å². The van der Waals surface area contributed by atoms with Gasteiger partial charge in [0.2, 0.25) is 11.8 Å². The average Bonchev–Trinajstić information content (AvgIpc) is 3.45. The average molecular weight is 427 g/mol. The quantitative estimate of drug-likeness (QED) is 0.625. The molecule has 0 saturated carbocycles. The Kier molecular flexibility index (Phi) is 7.57. The lowest BCUT2D eigenvalue weighted by atomic mass is 10.1. The number of amides is 2. The maximum atomic E-state index is 12.9. The van der Waals surface area contributed by atoms with Crippen molar-refractivity contribution in [3.05, 3.63) is 30.1 Å². The minimum atomic E-state index is -0.252. The third-order valence-corrected chi connectivity index (χ3v) is 6.33. The molecule has 2 fully saturated rings. The third-order valence-electron chi connectivity index (χ3n) is 6.33. The molecular formula is C24H34N4O3. The third kappa shape index (κ3) is 5.64. The minimum Gasteiger partial charge on any atom is -0.368 e. The second-order valence-electron chi connectivity index (χ2n) is 8.65. The topological polar surface area (TPSA) is 76.5 Å². The molecule has 2 aliphatic rings. The van der Waals surface area contributed by atoms with E-state index in [0.717, 1.165) is 81.3 Å². The van der Waals surface area contributed by atoms with Crippen LogP contribution in [0.2, 0.25) is 0 Å². The number of para-hydroxylation sites is 2. The molecule has 4 rings (SSSR count). The van der Waals surface area contributed by atoms with Gasteiger partial charge in [0.05, 0.1) is 11.0 Å². The van der Waals surface area contributed by atoms with Gasteiger partial charge in [-0.15, -0.1) is 0 Å². The molecule has 0 radical (unpaired) electrons. The van der Waals surface area contributed by atoms with Crippen LogP contribution < -0.4 is 5.32 Å². The van der Waals surface area contributed by atoms with E-state index in [9.17, 15) is 9.59 Å². The largest absolute Gasteiger partial charge is 0.368 e. The summed E-state index contributed by atoms with van der Waals surface area (Å²) in [5, 5.41) is 2.98. The van der Waals surface area contributed by atoms with Crippen LogP contribution in [0.15, 0.2) is 24.3 Å². The number of rotatable bonds is 9. The first-order valence-corrected chi connectivity index (χ1v) is 11.8.